The van der Waals surface area contributed by atoms with Crippen LogP contribution < -0.4 is 15.8 Å². The number of nitrogens with one attached hydrogen (secondary N) is 1. The maximum absolute atomic E-state index is 11.9. The molecular formula is C15H17N3O5. The Bertz CT molecular complexity index is 719. The Balaban J connectivity index is 1.98. The topological polar surface area (TPSA) is 117 Å². The number of hydrogen-bond donors (Lipinski definition) is 2. The summed E-state index contributed by atoms with van der Waals surface area (Å²) >= 11 is 0. The highest BCUT2D eigenvalue weighted by atomic mass is 16.5. The summed E-state index contributed by atoms with van der Waals surface area (Å²) in [5, 5.41) is 6.17. The van der Waals surface area contributed by atoms with Crippen molar-refractivity contribution in [2.24, 2.45) is 0 Å². The first kappa shape index (κ1) is 16.3. The molecule has 1 aromatic heterocycles. The lowest BCUT2D eigenvalue weighted by atomic mass is 10.2. The van der Waals surface area contributed by atoms with Crippen LogP contribution >= 0.6 is 0 Å². The molecule has 0 aliphatic heterocycles. The van der Waals surface area contributed by atoms with E-state index in [1.54, 1.807) is 19.1 Å². The van der Waals surface area contributed by atoms with Crippen molar-refractivity contribution in [3.63, 3.8) is 0 Å². The molecule has 0 aliphatic carbocycles. The number of aromatic nitrogens is 1. The Morgan fingerprint density at radius 1 is 1.35 bits per heavy atom. The highest BCUT2D eigenvalue weighted by Crippen LogP contribution is 2.25. The first-order valence-electron chi connectivity index (χ1n) is 6.75. The van der Waals surface area contributed by atoms with Crippen molar-refractivity contribution in [3.05, 3.63) is 35.0 Å². The van der Waals surface area contributed by atoms with E-state index in [1.165, 1.54) is 7.11 Å². The van der Waals surface area contributed by atoms with Gasteiger partial charge in [0.15, 0.2) is 6.61 Å². The van der Waals surface area contributed by atoms with Crippen molar-refractivity contribution in [3.8, 4) is 5.75 Å². The number of anilines is 2. The zero-order valence-corrected chi connectivity index (χ0v) is 13.0. The second kappa shape index (κ2) is 6.82. The molecule has 0 radical (unpaired) electrons. The monoisotopic (exact) mass is 319 g/mol. The van der Waals surface area contributed by atoms with Gasteiger partial charge in [0.1, 0.15) is 11.3 Å². The van der Waals surface area contributed by atoms with E-state index in [0.29, 0.717) is 17.1 Å². The highest BCUT2D eigenvalue weighted by molar-refractivity contribution is 5.98. The summed E-state index contributed by atoms with van der Waals surface area (Å²) in [7, 11) is 1.50. The zero-order chi connectivity index (χ0) is 17.0. The maximum atomic E-state index is 11.9. The number of nitrogen functional groups attached to an aromatic ring is 1. The predicted octanol–water partition coefficient (Wildman–Crippen LogP) is 1.68. The average Bonchev–Trinajstić information content (AvgIpc) is 2.84. The Labute approximate surface area is 132 Å². The molecule has 0 saturated carbocycles. The van der Waals surface area contributed by atoms with E-state index in [9.17, 15) is 9.59 Å². The number of ether oxygens (including phenoxy) is 2. The number of nitrogens with two attached hydrogens (primary N) is 1. The van der Waals surface area contributed by atoms with Gasteiger partial charge in [-0.3, -0.25) is 4.79 Å². The molecule has 0 aliphatic rings. The Hall–Kier alpha value is -3.03. The van der Waals surface area contributed by atoms with Gasteiger partial charge in [0.2, 0.25) is 5.88 Å². The summed E-state index contributed by atoms with van der Waals surface area (Å²) in [6.45, 7) is 2.96. The lowest BCUT2D eigenvalue weighted by molar-refractivity contribution is -0.119. The molecule has 8 nitrogen and oxygen atoms in total. The van der Waals surface area contributed by atoms with Gasteiger partial charge >= 0.3 is 5.97 Å². The SMILES string of the molecule is COc1ccc(C)cc1NC(=O)COC(=O)c1c(C)noc1N. The fraction of sp³-hybridized carbons (Fsp3) is 0.267. The number of benzene rings is 1. The van der Waals surface area contributed by atoms with Gasteiger partial charge in [-0.15, -0.1) is 0 Å². The molecule has 0 bridgehead atoms. The van der Waals surface area contributed by atoms with Crippen LogP contribution in [0.1, 0.15) is 21.6 Å². The Kier molecular flexibility index (Phi) is 4.85. The van der Waals surface area contributed by atoms with Crippen LogP contribution in [-0.2, 0) is 9.53 Å². The molecule has 1 heterocycles. The van der Waals surface area contributed by atoms with Gasteiger partial charge in [-0.05, 0) is 31.5 Å². The maximum Gasteiger partial charge on any atom is 0.346 e. The highest BCUT2D eigenvalue weighted by Gasteiger charge is 2.21. The third-order valence-electron chi connectivity index (χ3n) is 3.06. The first-order chi connectivity index (χ1) is 10.9. The van der Waals surface area contributed by atoms with Crippen LogP contribution in [0.4, 0.5) is 11.6 Å². The van der Waals surface area contributed by atoms with E-state index in [1.807, 2.05) is 13.0 Å². The Morgan fingerprint density at radius 2 is 2.09 bits per heavy atom. The van der Waals surface area contributed by atoms with Crippen LogP contribution in [0.5, 0.6) is 5.75 Å². The van der Waals surface area contributed by atoms with Gasteiger partial charge in [0, 0.05) is 0 Å². The molecule has 2 rings (SSSR count). The third-order valence-corrected chi connectivity index (χ3v) is 3.06. The molecule has 0 unspecified atom stereocenters. The summed E-state index contributed by atoms with van der Waals surface area (Å²) in [4.78, 5) is 23.8. The van der Waals surface area contributed by atoms with Crippen molar-refractivity contribution < 1.29 is 23.6 Å². The lowest BCUT2D eigenvalue weighted by Gasteiger charge is -2.11. The summed E-state index contributed by atoms with van der Waals surface area (Å²) in [5.41, 5.74) is 7.24. The van der Waals surface area contributed by atoms with Gasteiger partial charge in [0.25, 0.3) is 5.91 Å². The number of methoxy groups -OCH3 is 1. The van der Waals surface area contributed by atoms with Crippen LogP contribution in [0.15, 0.2) is 22.7 Å². The van der Waals surface area contributed by atoms with Crippen molar-refractivity contribution in [1.82, 2.24) is 5.16 Å². The van der Waals surface area contributed by atoms with Crippen LogP contribution in [0.25, 0.3) is 0 Å². The van der Waals surface area contributed by atoms with E-state index in [4.69, 9.17) is 15.2 Å². The molecule has 8 heteroatoms. The number of nitrogens with zero attached hydrogens (tertiary/aromatic N) is 1. The van der Waals surface area contributed by atoms with Crippen molar-refractivity contribution >= 4 is 23.4 Å². The minimum atomic E-state index is -0.771. The molecule has 0 spiro atoms. The zero-order valence-electron chi connectivity index (χ0n) is 13.0. The van der Waals surface area contributed by atoms with Crippen molar-refractivity contribution in [1.29, 1.82) is 0 Å². The largest absolute Gasteiger partial charge is 0.495 e. The molecule has 0 fully saturated rings. The number of rotatable bonds is 5. The number of carbonyl (C=O) groups is 2. The van der Waals surface area contributed by atoms with Crippen molar-refractivity contribution in [2.75, 3.05) is 24.8 Å². The van der Waals surface area contributed by atoms with Crippen LogP contribution in [0.3, 0.4) is 0 Å². The number of carbonyl (C=O) groups excluding carboxylic acids is 2. The second-order valence-corrected chi connectivity index (χ2v) is 4.84. The first-order valence-corrected chi connectivity index (χ1v) is 6.75. The molecule has 0 saturated heterocycles. The van der Waals surface area contributed by atoms with Gasteiger partial charge in [-0.2, -0.15) is 0 Å². The Morgan fingerprint density at radius 3 is 2.70 bits per heavy atom. The standard InChI is InChI=1S/C15H17N3O5/c1-8-4-5-11(21-3)10(6-8)17-12(19)7-22-15(20)13-9(2)18-23-14(13)16/h4-6H,7,16H2,1-3H3,(H,17,19). The van der Waals surface area contributed by atoms with Crippen LogP contribution in [0, 0.1) is 13.8 Å². The number of aryl methyl sites for hydroxylation is 2. The van der Waals surface area contributed by atoms with Crippen LogP contribution in [0.2, 0.25) is 0 Å². The van der Waals surface area contributed by atoms with E-state index >= 15 is 0 Å². The average molecular weight is 319 g/mol. The molecule has 3 N–H and O–H groups in total. The molecule has 1 aromatic carbocycles. The minimum absolute atomic E-state index is 0.0194. The normalized spacial score (nSPS) is 10.2. The van der Waals surface area contributed by atoms with Crippen LogP contribution in [-0.4, -0.2) is 30.7 Å². The van der Waals surface area contributed by atoms with E-state index in [2.05, 4.69) is 15.0 Å². The summed E-state index contributed by atoms with van der Waals surface area (Å²) < 4.78 is 14.7. The van der Waals surface area contributed by atoms with Crippen molar-refractivity contribution in [2.45, 2.75) is 13.8 Å². The lowest BCUT2D eigenvalue weighted by Crippen LogP contribution is -2.21. The summed E-state index contributed by atoms with van der Waals surface area (Å²) in [6.07, 6.45) is 0. The molecule has 2 aromatic rings. The molecule has 1 amide bonds. The third kappa shape index (κ3) is 3.79. The molecule has 23 heavy (non-hydrogen) atoms. The van der Waals surface area contributed by atoms with Gasteiger partial charge in [-0.25, -0.2) is 4.79 Å². The van der Waals surface area contributed by atoms with E-state index in [-0.39, 0.29) is 11.4 Å². The van der Waals surface area contributed by atoms with E-state index < -0.39 is 18.5 Å². The quantitative estimate of drug-likeness (QED) is 0.805. The molecule has 122 valence electrons. The number of esters is 1. The van der Waals surface area contributed by atoms with E-state index in [0.717, 1.165) is 5.56 Å². The predicted molar refractivity (Wildman–Crippen MR) is 82.3 cm³/mol. The van der Waals surface area contributed by atoms with Gasteiger partial charge in [-0.1, -0.05) is 11.2 Å². The summed E-state index contributed by atoms with van der Waals surface area (Å²) in [6, 6.07) is 5.34. The van der Waals surface area contributed by atoms with Gasteiger partial charge < -0.3 is 25.0 Å². The molecular weight excluding hydrogens is 302 g/mol. The fourth-order valence-corrected chi connectivity index (χ4v) is 1.94. The number of hydrogen-bond acceptors (Lipinski definition) is 7. The summed E-state index contributed by atoms with van der Waals surface area (Å²) in [5.74, 6) is -0.912. The minimum Gasteiger partial charge on any atom is -0.495 e. The smallest absolute Gasteiger partial charge is 0.346 e. The fourth-order valence-electron chi connectivity index (χ4n) is 1.94. The number of amides is 1. The molecule has 0 atom stereocenters. The second-order valence-electron chi connectivity index (χ2n) is 4.84. The van der Waals surface area contributed by atoms with Gasteiger partial charge in [0.05, 0.1) is 18.5 Å².